The van der Waals surface area contributed by atoms with Gasteiger partial charge in [0, 0.05) is 12.8 Å². The summed E-state index contributed by atoms with van der Waals surface area (Å²) in [4.78, 5) is 22.5. The van der Waals surface area contributed by atoms with E-state index in [1.54, 1.807) is 0 Å². The second kappa shape index (κ2) is 5.43. The molecule has 0 bridgehead atoms. The van der Waals surface area contributed by atoms with E-state index in [1.165, 1.54) is 12.1 Å². The third kappa shape index (κ3) is 3.71. The second-order valence-corrected chi connectivity index (χ2v) is 4.10. The van der Waals surface area contributed by atoms with Crippen molar-refractivity contribution in [3.05, 3.63) is 24.3 Å². The highest BCUT2D eigenvalue weighted by atomic mass is 19.4. The monoisotopic (exact) mass is 302 g/mol. The molecule has 0 fully saturated rings. The summed E-state index contributed by atoms with van der Waals surface area (Å²) in [6.07, 6.45) is -4.83. The fourth-order valence-electron chi connectivity index (χ4n) is 1.70. The second-order valence-electron chi connectivity index (χ2n) is 4.10. The fraction of sp³-hybridized carbons (Fsp3) is 0.250. The van der Waals surface area contributed by atoms with E-state index < -0.39 is 24.0 Å². The molecule has 0 unspecified atom stereocenters. The van der Waals surface area contributed by atoms with Gasteiger partial charge in [-0.25, -0.2) is 9.80 Å². The van der Waals surface area contributed by atoms with Crippen LogP contribution in [0.2, 0.25) is 0 Å². The summed E-state index contributed by atoms with van der Waals surface area (Å²) in [5, 5.41) is 13.4. The van der Waals surface area contributed by atoms with Gasteiger partial charge in [0.05, 0.1) is 5.69 Å². The van der Waals surface area contributed by atoms with Crippen LogP contribution in [0.3, 0.4) is 0 Å². The van der Waals surface area contributed by atoms with Crippen molar-refractivity contribution in [3.63, 3.8) is 0 Å². The van der Waals surface area contributed by atoms with Gasteiger partial charge in [0.2, 0.25) is 5.91 Å². The number of halogens is 3. The smallest absolute Gasteiger partial charge is 0.477 e. The molecular formula is C12H9F3N2O4. The van der Waals surface area contributed by atoms with Crippen LogP contribution < -0.4 is 9.75 Å². The molecule has 21 heavy (non-hydrogen) atoms. The van der Waals surface area contributed by atoms with Gasteiger partial charge in [0.15, 0.2) is 0 Å². The Morgan fingerprint density at radius 2 is 1.86 bits per heavy atom. The molecule has 0 saturated carbocycles. The molecule has 6 nitrogen and oxygen atoms in total. The summed E-state index contributed by atoms with van der Waals surface area (Å²) in [6, 6.07) is 4.40. The molecule has 1 aromatic carbocycles. The average molecular weight is 302 g/mol. The third-order valence-electron chi connectivity index (χ3n) is 2.59. The molecule has 0 saturated heterocycles. The molecule has 1 aromatic rings. The summed E-state index contributed by atoms with van der Waals surface area (Å²) in [5.41, 5.74) is -0.0295. The lowest BCUT2D eigenvalue weighted by Crippen LogP contribution is -2.34. The van der Waals surface area contributed by atoms with Gasteiger partial charge < -0.3 is 9.84 Å². The number of carboxylic acids is 1. The van der Waals surface area contributed by atoms with Crippen LogP contribution in [0.1, 0.15) is 12.8 Å². The lowest BCUT2D eigenvalue weighted by molar-refractivity contribution is -0.274. The zero-order valence-corrected chi connectivity index (χ0v) is 10.4. The standard InChI is InChI=1S/C12H9F3N2O4/c13-12(14,15)21-8-3-1-7(2-4-8)17-10(18)6-5-9(16-17)11(19)20/h1-4H,5-6H2,(H,19,20). The first-order valence-corrected chi connectivity index (χ1v) is 5.76. The van der Waals surface area contributed by atoms with Gasteiger partial charge in [0.25, 0.3) is 0 Å². The Morgan fingerprint density at radius 1 is 1.24 bits per heavy atom. The van der Waals surface area contributed by atoms with Crippen LogP contribution >= 0.6 is 0 Å². The van der Waals surface area contributed by atoms with E-state index in [1.807, 2.05) is 0 Å². The van der Waals surface area contributed by atoms with Gasteiger partial charge in [-0.15, -0.1) is 13.2 Å². The van der Waals surface area contributed by atoms with Crippen LogP contribution in [0.5, 0.6) is 5.75 Å². The Hall–Kier alpha value is -2.58. The van der Waals surface area contributed by atoms with Crippen molar-refractivity contribution in [3.8, 4) is 5.75 Å². The minimum absolute atomic E-state index is 0.0138. The Labute approximate surface area is 116 Å². The number of aliphatic carboxylic acids is 1. The topological polar surface area (TPSA) is 79.2 Å². The van der Waals surface area contributed by atoms with Crippen LogP contribution in [0.4, 0.5) is 18.9 Å². The van der Waals surface area contributed by atoms with Crippen molar-refractivity contribution in [2.75, 3.05) is 5.01 Å². The number of amides is 1. The van der Waals surface area contributed by atoms with E-state index >= 15 is 0 Å². The van der Waals surface area contributed by atoms with Gasteiger partial charge >= 0.3 is 12.3 Å². The highest BCUT2D eigenvalue weighted by Gasteiger charge is 2.31. The molecule has 0 atom stereocenters. The minimum Gasteiger partial charge on any atom is -0.477 e. The van der Waals surface area contributed by atoms with Crippen LogP contribution in [0.25, 0.3) is 0 Å². The predicted molar refractivity (Wildman–Crippen MR) is 64.9 cm³/mol. The number of benzene rings is 1. The van der Waals surface area contributed by atoms with Crippen LogP contribution in [0.15, 0.2) is 29.4 Å². The molecule has 0 aromatic heterocycles. The van der Waals surface area contributed by atoms with E-state index in [0.717, 1.165) is 17.1 Å². The lowest BCUT2D eigenvalue weighted by Gasteiger charge is -2.22. The molecule has 1 amide bonds. The van der Waals surface area contributed by atoms with E-state index in [2.05, 4.69) is 9.84 Å². The predicted octanol–water partition coefficient (Wildman–Crippen LogP) is 2.15. The molecule has 1 aliphatic rings. The van der Waals surface area contributed by atoms with Crippen molar-refractivity contribution >= 4 is 23.3 Å². The minimum atomic E-state index is -4.81. The first-order chi connectivity index (χ1) is 9.76. The fourth-order valence-corrected chi connectivity index (χ4v) is 1.70. The molecule has 1 aliphatic heterocycles. The summed E-state index contributed by atoms with van der Waals surface area (Å²) in [5.74, 6) is -2.13. The summed E-state index contributed by atoms with van der Waals surface area (Å²) < 4.78 is 39.8. The number of hydrogen-bond donors (Lipinski definition) is 1. The van der Waals surface area contributed by atoms with Crippen molar-refractivity contribution in [2.24, 2.45) is 5.10 Å². The first-order valence-electron chi connectivity index (χ1n) is 5.76. The van der Waals surface area contributed by atoms with Crippen molar-refractivity contribution in [2.45, 2.75) is 19.2 Å². The third-order valence-corrected chi connectivity index (χ3v) is 2.59. The summed E-state index contributed by atoms with van der Waals surface area (Å²) in [6.45, 7) is 0. The molecule has 0 radical (unpaired) electrons. The molecule has 1 N–H and O–H groups in total. The highest BCUT2D eigenvalue weighted by molar-refractivity contribution is 6.37. The maximum absolute atomic E-state index is 12.0. The number of rotatable bonds is 3. The number of ether oxygens (including phenoxy) is 1. The Balaban J connectivity index is 2.23. The van der Waals surface area contributed by atoms with E-state index in [-0.39, 0.29) is 24.2 Å². The largest absolute Gasteiger partial charge is 0.573 e. The van der Waals surface area contributed by atoms with Gasteiger partial charge in [-0.2, -0.15) is 5.10 Å². The average Bonchev–Trinajstić information content (AvgIpc) is 2.38. The number of hydrogen-bond acceptors (Lipinski definition) is 4. The van der Waals surface area contributed by atoms with E-state index in [0.29, 0.717) is 0 Å². The number of carboxylic acid groups (broad SMARTS) is 1. The number of carbonyl (C=O) groups is 2. The maximum atomic E-state index is 12.0. The normalized spacial score (nSPS) is 15.7. The molecular weight excluding hydrogens is 293 g/mol. The van der Waals surface area contributed by atoms with Crippen LogP contribution in [0, 0.1) is 0 Å². The molecule has 1 heterocycles. The Morgan fingerprint density at radius 3 is 2.38 bits per heavy atom. The highest BCUT2D eigenvalue weighted by Crippen LogP contribution is 2.26. The zero-order valence-electron chi connectivity index (χ0n) is 10.4. The van der Waals surface area contributed by atoms with E-state index in [4.69, 9.17) is 5.11 Å². The van der Waals surface area contributed by atoms with Crippen LogP contribution in [-0.2, 0) is 9.59 Å². The first kappa shape index (κ1) is 14.8. The number of carbonyl (C=O) groups excluding carboxylic acids is 1. The number of nitrogens with zero attached hydrogens (tertiary/aromatic N) is 2. The molecule has 9 heteroatoms. The molecule has 2 rings (SSSR count). The van der Waals surface area contributed by atoms with Crippen molar-refractivity contribution in [1.82, 2.24) is 0 Å². The Kier molecular flexibility index (Phi) is 3.83. The Bertz CT molecular complexity index is 596. The number of anilines is 1. The van der Waals surface area contributed by atoms with Gasteiger partial charge in [-0.1, -0.05) is 0 Å². The molecule has 0 aliphatic carbocycles. The van der Waals surface area contributed by atoms with Gasteiger partial charge in [-0.05, 0) is 24.3 Å². The number of alkyl halides is 3. The quantitative estimate of drug-likeness (QED) is 0.928. The van der Waals surface area contributed by atoms with Crippen molar-refractivity contribution < 1.29 is 32.6 Å². The number of hydrazone groups is 1. The molecule has 0 spiro atoms. The SMILES string of the molecule is O=C(O)C1=NN(c2ccc(OC(F)(F)F)cc2)C(=O)CC1. The van der Waals surface area contributed by atoms with E-state index in [9.17, 15) is 22.8 Å². The van der Waals surface area contributed by atoms with Crippen LogP contribution in [-0.4, -0.2) is 29.1 Å². The van der Waals surface area contributed by atoms with Gasteiger partial charge in [-0.3, -0.25) is 4.79 Å². The summed E-state index contributed by atoms with van der Waals surface area (Å²) >= 11 is 0. The van der Waals surface area contributed by atoms with Crippen molar-refractivity contribution in [1.29, 1.82) is 0 Å². The molecule has 112 valence electrons. The van der Waals surface area contributed by atoms with Gasteiger partial charge in [0.1, 0.15) is 11.5 Å². The zero-order chi connectivity index (χ0) is 15.6. The lowest BCUT2D eigenvalue weighted by atomic mass is 10.1. The summed E-state index contributed by atoms with van der Waals surface area (Å²) in [7, 11) is 0. The maximum Gasteiger partial charge on any atom is 0.573 e.